The predicted molar refractivity (Wildman–Crippen MR) is 206 cm³/mol. The molecule has 0 N–H and O–H groups in total. The maximum atomic E-state index is 6.49. The smallest absolute Gasteiger partial charge is 0.238 e. The highest BCUT2D eigenvalue weighted by Gasteiger charge is 2.21. The van der Waals surface area contributed by atoms with E-state index in [9.17, 15) is 0 Å². The molecule has 4 aromatic heterocycles. The van der Waals surface area contributed by atoms with Crippen molar-refractivity contribution >= 4 is 65.7 Å². The van der Waals surface area contributed by atoms with E-state index in [0.29, 0.717) is 17.6 Å². The number of aromatic nitrogens is 4. The van der Waals surface area contributed by atoms with E-state index >= 15 is 0 Å². The van der Waals surface area contributed by atoms with Crippen LogP contribution < -0.4 is 0 Å². The molecule has 0 unspecified atom stereocenters. The summed E-state index contributed by atoms with van der Waals surface area (Å²) in [6, 6.07) is 53.9. The topological polar surface area (TPSA) is 69.9 Å². The standard InChI is InChI=1S/C45H26N4O2.H/c1-3-12-27(13-4-1)30-18-11-21-39-42(30)33-23-22-29(24-40(33)51-39)44-46-43(28-14-5-2-6-15-28)47-45(48-44)49-36-19-9-7-16-31(36)34-26-41-35(25-37(34)49)32-17-8-10-20-38(32)50-41;/h1-26H;/q;-1/i;1+1. The summed E-state index contributed by atoms with van der Waals surface area (Å²) in [5.41, 5.74) is 9.36. The van der Waals surface area contributed by atoms with Crippen LogP contribution in [-0.2, 0) is 0 Å². The molecule has 0 radical (unpaired) electrons. The van der Waals surface area contributed by atoms with Gasteiger partial charge in [-0.2, -0.15) is 9.97 Å². The third-order valence-corrected chi connectivity index (χ3v) is 9.87. The van der Waals surface area contributed by atoms with Crippen LogP contribution in [0.2, 0.25) is 0 Å². The molecule has 0 spiro atoms. The van der Waals surface area contributed by atoms with Crippen LogP contribution in [0.4, 0.5) is 0 Å². The average molecular weight is 657 g/mol. The number of furan rings is 2. The Hall–Kier alpha value is -7.05. The third-order valence-electron chi connectivity index (χ3n) is 9.87. The van der Waals surface area contributed by atoms with E-state index < -0.39 is 0 Å². The summed E-state index contributed by atoms with van der Waals surface area (Å²) in [7, 11) is 0. The lowest BCUT2D eigenvalue weighted by Crippen LogP contribution is -2.06. The molecule has 0 atom stereocenters. The highest BCUT2D eigenvalue weighted by atomic mass is 16.3. The minimum Gasteiger partial charge on any atom is -1.00 e. The summed E-state index contributed by atoms with van der Waals surface area (Å²) in [5.74, 6) is 1.69. The van der Waals surface area contributed by atoms with E-state index in [1.807, 2.05) is 72.8 Å². The molecule has 11 aromatic rings. The lowest BCUT2D eigenvalue weighted by Gasteiger charge is -2.11. The second-order valence-electron chi connectivity index (χ2n) is 12.8. The van der Waals surface area contributed by atoms with Crippen LogP contribution >= 0.6 is 0 Å². The molecule has 0 aliphatic carbocycles. The van der Waals surface area contributed by atoms with Gasteiger partial charge in [0, 0.05) is 43.4 Å². The zero-order chi connectivity index (χ0) is 33.5. The minimum atomic E-state index is 0. The van der Waals surface area contributed by atoms with Crippen LogP contribution in [0.15, 0.2) is 167 Å². The first-order chi connectivity index (χ1) is 25.3. The number of hydrogen-bond acceptors (Lipinski definition) is 5. The molecule has 0 saturated carbocycles. The van der Waals surface area contributed by atoms with Crippen molar-refractivity contribution < 1.29 is 10.3 Å². The van der Waals surface area contributed by atoms with E-state index in [1.54, 1.807) is 0 Å². The molecule has 7 aromatic carbocycles. The number of nitrogens with zero attached hydrogens (tertiary/aromatic N) is 4. The molecule has 0 aliphatic heterocycles. The molecule has 51 heavy (non-hydrogen) atoms. The minimum absolute atomic E-state index is 0. The van der Waals surface area contributed by atoms with E-state index in [4.69, 9.17) is 23.8 Å². The maximum absolute atomic E-state index is 6.49. The normalized spacial score (nSPS) is 11.9. The van der Waals surface area contributed by atoms with Gasteiger partial charge in [0.15, 0.2) is 11.6 Å². The Labute approximate surface area is 292 Å². The zero-order valence-corrected chi connectivity index (χ0v) is 27.1. The van der Waals surface area contributed by atoms with Gasteiger partial charge in [-0.05, 0) is 53.6 Å². The van der Waals surface area contributed by atoms with Crippen LogP contribution in [0, 0.1) is 0 Å². The molecule has 0 fully saturated rings. The summed E-state index contributed by atoms with van der Waals surface area (Å²) >= 11 is 0. The van der Waals surface area contributed by atoms with Crippen LogP contribution in [0.25, 0.3) is 106 Å². The monoisotopic (exact) mass is 656 g/mol. The van der Waals surface area contributed by atoms with Gasteiger partial charge >= 0.3 is 0 Å². The number of hydrogen-bond donors (Lipinski definition) is 0. The summed E-state index contributed by atoms with van der Waals surface area (Å²) in [6.45, 7) is 0. The van der Waals surface area contributed by atoms with Gasteiger partial charge in [0.1, 0.15) is 22.3 Å². The number of para-hydroxylation sites is 2. The predicted octanol–water partition coefficient (Wildman–Crippen LogP) is 11.9. The Kier molecular flexibility index (Phi) is 5.86. The zero-order valence-electron chi connectivity index (χ0n) is 28.1. The summed E-state index contributed by atoms with van der Waals surface area (Å²) < 4.78 is 14.9. The molecular weight excluding hydrogens is 629 g/mol. The Bertz CT molecular complexity index is 3150. The fourth-order valence-corrected chi connectivity index (χ4v) is 7.54. The number of rotatable bonds is 4. The molecule has 11 rings (SSSR count). The van der Waals surface area contributed by atoms with E-state index in [-0.39, 0.29) is 1.43 Å². The van der Waals surface area contributed by atoms with Gasteiger partial charge in [-0.25, -0.2) is 4.98 Å². The molecule has 6 heteroatoms. The Balaban J connectivity index is 0.00000338. The molecule has 0 bridgehead atoms. The summed E-state index contributed by atoms with van der Waals surface area (Å²) in [6.07, 6.45) is 0. The van der Waals surface area contributed by atoms with Crippen LogP contribution in [0.3, 0.4) is 0 Å². The van der Waals surface area contributed by atoms with Crippen LogP contribution in [0.1, 0.15) is 1.43 Å². The van der Waals surface area contributed by atoms with Crippen LogP contribution in [-0.4, -0.2) is 19.5 Å². The fraction of sp³-hybridized carbons (Fsp3) is 0. The van der Waals surface area contributed by atoms with Crippen molar-refractivity contribution in [2.75, 3.05) is 0 Å². The maximum Gasteiger partial charge on any atom is 0.238 e. The van der Waals surface area contributed by atoms with Crippen molar-refractivity contribution in [3.8, 4) is 39.9 Å². The molecule has 0 amide bonds. The average Bonchev–Trinajstić information content (AvgIpc) is 3.86. The summed E-state index contributed by atoms with van der Waals surface area (Å²) in [4.78, 5) is 15.4. The first kappa shape index (κ1) is 27.9. The lowest BCUT2D eigenvalue weighted by atomic mass is 9.99. The van der Waals surface area contributed by atoms with Gasteiger partial charge in [0.05, 0.1) is 11.0 Å². The van der Waals surface area contributed by atoms with Crippen molar-refractivity contribution in [1.29, 1.82) is 0 Å². The quantitative estimate of drug-likeness (QED) is 0.189. The molecule has 0 saturated heterocycles. The highest BCUT2D eigenvalue weighted by molar-refractivity contribution is 6.17. The van der Waals surface area contributed by atoms with Gasteiger partial charge in [-0.15, -0.1) is 0 Å². The van der Waals surface area contributed by atoms with E-state index in [2.05, 4.69) is 89.5 Å². The van der Waals surface area contributed by atoms with Crippen molar-refractivity contribution in [3.63, 3.8) is 0 Å². The molecule has 240 valence electrons. The highest BCUT2D eigenvalue weighted by Crippen LogP contribution is 2.40. The number of fused-ring (bicyclic) bond motifs is 9. The Morgan fingerprint density at radius 3 is 1.90 bits per heavy atom. The largest absolute Gasteiger partial charge is 1.00 e. The van der Waals surface area contributed by atoms with Gasteiger partial charge in [0.2, 0.25) is 5.95 Å². The SMILES string of the molecule is [2H-].c1ccc(-c2nc(-c3ccc4c(c3)oc3cccc(-c5ccccc5)c34)nc(-n3c4ccccc4c4cc5oc6ccccc6c5cc43)n2)cc1. The van der Waals surface area contributed by atoms with Gasteiger partial charge in [0.25, 0.3) is 0 Å². The Morgan fingerprint density at radius 2 is 1.06 bits per heavy atom. The summed E-state index contributed by atoms with van der Waals surface area (Å²) in [5, 5.41) is 6.42. The first-order valence-electron chi connectivity index (χ1n) is 16.9. The fourth-order valence-electron chi connectivity index (χ4n) is 7.54. The lowest BCUT2D eigenvalue weighted by molar-refractivity contribution is 0.669. The second-order valence-corrected chi connectivity index (χ2v) is 12.8. The van der Waals surface area contributed by atoms with Crippen molar-refractivity contribution in [2.45, 2.75) is 0 Å². The third kappa shape index (κ3) is 4.26. The molecule has 4 heterocycles. The number of benzene rings is 7. The van der Waals surface area contributed by atoms with Crippen molar-refractivity contribution in [1.82, 2.24) is 19.5 Å². The Morgan fingerprint density at radius 1 is 0.392 bits per heavy atom. The molecular formula is C45H27N4O2-. The first-order valence-corrected chi connectivity index (χ1v) is 16.9. The molecule has 6 nitrogen and oxygen atoms in total. The van der Waals surface area contributed by atoms with Crippen LogP contribution in [0.5, 0.6) is 0 Å². The van der Waals surface area contributed by atoms with E-state index in [1.165, 1.54) is 0 Å². The second kappa shape index (κ2) is 10.7. The van der Waals surface area contributed by atoms with Crippen molar-refractivity contribution in [3.05, 3.63) is 158 Å². The van der Waals surface area contributed by atoms with Gasteiger partial charge in [-0.3, -0.25) is 4.57 Å². The molecule has 0 aliphatic rings. The van der Waals surface area contributed by atoms with Crippen molar-refractivity contribution in [2.24, 2.45) is 0 Å². The van der Waals surface area contributed by atoms with Gasteiger partial charge in [-0.1, -0.05) is 115 Å². The van der Waals surface area contributed by atoms with E-state index in [0.717, 1.165) is 87.9 Å². The van der Waals surface area contributed by atoms with Gasteiger partial charge < -0.3 is 10.3 Å².